The van der Waals surface area contributed by atoms with Gasteiger partial charge in [0.25, 0.3) is 0 Å². The first-order valence-electron chi connectivity index (χ1n) is 6.77. The van der Waals surface area contributed by atoms with E-state index in [9.17, 15) is 12.8 Å². The minimum atomic E-state index is -3.92. The van der Waals surface area contributed by atoms with E-state index < -0.39 is 15.7 Å². The van der Waals surface area contributed by atoms with Crippen molar-refractivity contribution in [1.29, 1.82) is 0 Å². The molecule has 0 radical (unpaired) electrons. The van der Waals surface area contributed by atoms with Crippen molar-refractivity contribution < 1.29 is 17.2 Å². The molecule has 0 atom stereocenters. The van der Waals surface area contributed by atoms with Crippen LogP contribution in [0.2, 0.25) is 0 Å². The van der Waals surface area contributed by atoms with E-state index in [1.807, 2.05) is 6.07 Å². The number of oxazole rings is 1. The number of nitrogens with one attached hydrogen (secondary N) is 1. The molecule has 118 valence electrons. The van der Waals surface area contributed by atoms with Gasteiger partial charge in [-0.1, -0.05) is 18.2 Å². The minimum absolute atomic E-state index is 0.0354. The number of halogens is 1. The molecule has 0 saturated carbocycles. The molecule has 3 aromatic rings. The number of hydrogen-bond acceptors (Lipinski definition) is 5. The Hall–Kier alpha value is -2.67. The molecule has 0 spiro atoms. The Kier molecular flexibility index (Phi) is 3.87. The van der Waals surface area contributed by atoms with Gasteiger partial charge in [0.05, 0.1) is 4.90 Å². The lowest BCUT2D eigenvalue weighted by Gasteiger charge is -2.02. The Labute approximate surface area is 132 Å². The Morgan fingerprint density at radius 3 is 2.30 bits per heavy atom. The van der Waals surface area contributed by atoms with Gasteiger partial charge >= 0.3 is 0 Å². The van der Waals surface area contributed by atoms with Gasteiger partial charge in [-0.2, -0.15) is 4.98 Å². The molecule has 0 bridgehead atoms. The smallest absolute Gasteiger partial charge is 0.233 e. The third-order valence-corrected chi connectivity index (χ3v) is 4.90. The van der Waals surface area contributed by atoms with Gasteiger partial charge in [0.1, 0.15) is 5.82 Å². The van der Waals surface area contributed by atoms with E-state index >= 15 is 0 Å². The lowest BCUT2D eigenvalue weighted by Crippen LogP contribution is -2.05. The zero-order valence-electron chi connectivity index (χ0n) is 12.2. The summed E-state index contributed by atoms with van der Waals surface area (Å²) in [6, 6.07) is 13.5. The van der Waals surface area contributed by atoms with E-state index in [4.69, 9.17) is 4.42 Å². The summed E-state index contributed by atoms with van der Waals surface area (Å²) in [5.74, 6) is -0.285. The topological polar surface area (TPSA) is 72.2 Å². The van der Waals surface area contributed by atoms with Crippen LogP contribution in [0, 0.1) is 5.82 Å². The third kappa shape index (κ3) is 2.83. The second kappa shape index (κ2) is 5.85. The first kappa shape index (κ1) is 15.2. The summed E-state index contributed by atoms with van der Waals surface area (Å²) in [6.45, 7) is 0. The molecule has 0 unspecified atom stereocenters. The number of anilines is 1. The highest BCUT2D eigenvalue weighted by Gasteiger charge is 2.28. The third-order valence-electron chi connectivity index (χ3n) is 3.22. The zero-order chi connectivity index (χ0) is 16.4. The Bertz CT molecular complexity index is 920. The fourth-order valence-electron chi connectivity index (χ4n) is 2.08. The highest BCUT2D eigenvalue weighted by Crippen LogP contribution is 2.31. The molecule has 0 amide bonds. The van der Waals surface area contributed by atoms with Gasteiger partial charge in [-0.05, 0) is 36.4 Å². The molecule has 0 saturated heterocycles. The Balaban J connectivity index is 2.12. The van der Waals surface area contributed by atoms with E-state index in [2.05, 4.69) is 10.3 Å². The summed E-state index contributed by atoms with van der Waals surface area (Å²) in [4.78, 5) is 4.06. The first-order valence-corrected chi connectivity index (χ1v) is 8.25. The van der Waals surface area contributed by atoms with E-state index in [0.717, 1.165) is 12.1 Å². The van der Waals surface area contributed by atoms with Crippen molar-refractivity contribution in [1.82, 2.24) is 4.98 Å². The summed E-state index contributed by atoms with van der Waals surface area (Å²) in [7, 11) is -2.38. The Morgan fingerprint density at radius 2 is 1.70 bits per heavy atom. The molecule has 0 aliphatic carbocycles. The van der Waals surface area contributed by atoms with Gasteiger partial charge in [-0.25, -0.2) is 12.8 Å². The van der Waals surface area contributed by atoms with Crippen LogP contribution in [0.5, 0.6) is 0 Å². The van der Waals surface area contributed by atoms with Crippen molar-refractivity contribution in [3.8, 4) is 11.5 Å². The van der Waals surface area contributed by atoms with Crippen LogP contribution in [0.15, 0.2) is 68.9 Å². The van der Waals surface area contributed by atoms with E-state index in [1.165, 1.54) is 12.1 Å². The standard InChI is InChI=1S/C16H13FN2O3S/c1-18-15-16(19-14(22-15)11-5-3-2-4-6-11)23(20,21)13-9-7-12(17)8-10-13/h2-10,18H,1H3. The SMILES string of the molecule is CNc1oc(-c2ccccc2)nc1S(=O)(=O)c1ccc(F)cc1. The van der Waals surface area contributed by atoms with Gasteiger partial charge in [-0.3, -0.25) is 0 Å². The van der Waals surface area contributed by atoms with E-state index in [1.54, 1.807) is 31.3 Å². The second-order valence-electron chi connectivity index (χ2n) is 4.73. The maximum Gasteiger partial charge on any atom is 0.233 e. The quantitative estimate of drug-likeness (QED) is 0.742. The van der Waals surface area contributed by atoms with Crippen molar-refractivity contribution in [3.63, 3.8) is 0 Å². The van der Waals surface area contributed by atoms with E-state index in [-0.39, 0.29) is 21.7 Å². The Morgan fingerprint density at radius 1 is 1.04 bits per heavy atom. The molecule has 7 heteroatoms. The van der Waals surface area contributed by atoms with Crippen molar-refractivity contribution in [3.05, 3.63) is 60.4 Å². The number of hydrogen-bond donors (Lipinski definition) is 1. The van der Waals surface area contributed by atoms with Crippen LogP contribution in [0.4, 0.5) is 10.3 Å². The summed E-state index contributed by atoms with van der Waals surface area (Å²) in [6.07, 6.45) is 0. The van der Waals surface area contributed by atoms with Crippen LogP contribution in [0.25, 0.3) is 11.5 Å². The molecule has 23 heavy (non-hydrogen) atoms. The van der Waals surface area contributed by atoms with Crippen LogP contribution >= 0.6 is 0 Å². The lowest BCUT2D eigenvalue weighted by atomic mass is 10.2. The molecule has 0 aliphatic rings. The fraction of sp³-hybridized carbons (Fsp3) is 0.0625. The summed E-state index contributed by atoms with van der Waals surface area (Å²) in [5, 5.41) is 2.46. The van der Waals surface area contributed by atoms with Gasteiger partial charge in [0.2, 0.25) is 26.6 Å². The average Bonchev–Trinajstić information content (AvgIpc) is 3.01. The van der Waals surface area contributed by atoms with Crippen molar-refractivity contribution >= 4 is 15.7 Å². The van der Waals surface area contributed by atoms with Crippen LogP contribution in [-0.4, -0.2) is 20.4 Å². The summed E-state index contributed by atoms with van der Waals surface area (Å²) < 4.78 is 43.9. The number of rotatable bonds is 4. The molecule has 1 N–H and O–H groups in total. The normalized spacial score (nSPS) is 11.4. The molecule has 3 rings (SSSR count). The predicted octanol–water partition coefficient (Wildman–Crippen LogP) is 3.36. The fourth-order valence-corrected chi connectivity index (χ4v) is 3.38. The molecule has 2 aromatic carbocycles. The second-order valence-corrected chi connectivity index (χ2v) is 6.59. The average molecular weight is 332 g/mol. The van der Waals surface area contributed by atoms with E-state index in [0.29, 0.717) is 5.56 Å². The summed E-state index contributed by atoms with van der Waals surface area (Å²) in [5.41, 5.74) is 0.657. The number of nitrogens with zero attached hydrogens (tertiary/aromatic N) is 1. The number of sulfone groups is 1. The molecule has 1 heterocycles. The maximum absolute atomic E-state index is 13.0. The maximum atomic E-state index is 13.0. The molecule has 5 nitrogen and oxygen atoms in total. The van der Waals surface area contributed by atoms with Crippen molar-refractivity contribution in [2.75, 3.05) is 12.4 Å². The molecular weight excluding hydrogens is 319 g/mol. The van der Waals surface area contributed by atoms with Gasteiger partial charge in [0, 0.05) is 12.6 Å². The van der Waals surface area contributed by atoms with Gasteiger partial charge in [-0.15, -0.1) is 0 Å². The summed E-state index contributed by atoms with van der Waals surface area (Å²) >= 11 is 0. The highest BCUT2D eigenvalue weighted by atomic mass is 32.2. The van der Waals surface area contributed by atoms with Gasteiger partial charge < -0.3 is 9.73 Å². The number of aromatic nitrogens is 1. The van der Waals surface area contributed by atoms with Crippen molar-refractivity contribution in [2.24, 2.45) is 0 Å². The molecular formula is C16H13FN2O3S. The minimum Gasteiger partial charge on any atom is -0.419 e. The van der Waals surface area contributed by atoms with Crippen molar-refractivity contribution in [2.45, 2.75) is 9.92 Å². The van der Waals surface area contributed by atoms with Crippen LogP contribution in [0.1, 0.15) is 0 Å². The molecule has 0 aliphatic heterocycles. The zero-order valence-corrected chi connectivity index (χ0v) is 13.0. The van der Waals surface area contributed by atoms with Crippen LogP contribution in [0.3, 0.4) is 0 Å². The first-order chi connectivity index (χ1) is 11.0. The van der Waals surface area contributed by atoms with Crippen LogP contribution in [-0.2, 0) is 9.84 Å². The lowest BCUT2D eigenvalue weighted by molar-refractivity contribution is 0.580. The van der Waals surface area contributed by atoms with Crippen LogP contribution < -0.4 is 5.32 Å². The van der Waals surface area contributed by atoms with Gasteiger partial charge in [0.15, 0.2) is 0 Å². The number of benzene rings is 2. The monoisotopic (exact) mass is 332 g/mol. The molecule has 1 aromatic heterocycles. The molecule has 0 fully saturated rings. The largest absolute Gasteiger partial charge is 0.419 e. The predicted molar refractivity (Wildman–Crippen MR) is 83.3 cm³/mol. The highest BCUT2D eigenvalue weighted by molar-refractivity contribution is 7.91.